The molecule has 1 amide bonds. The molecule has 3 fully saturated rings. The minimum atomic E-state index is -0.180. The molecule has 4 atom stereocenters. The SMILES string of the molecule is Nc1ccnc(N2C[C@@H]3[C@H](CNC(=O)c4ccco4)[C@H]4CC[C@]3(C2)O4)n1. The van der Waals surface area contributed by atoms with E-state index in [0.29, 0.717) is 30.0 Å². The molecule has 136 valence electrons. The average molecular weight is 355 g/mol. The summed E-state index contributed by atoms with van der Waals surface area (Å²) in [5.74, 6) is 1.92. The zero-order chi connectivity index (χ0) is 17.7. The van der Waals surface area contributed by atoms with Crippen molar-refractivity contribution >= 4 is 17.7 Å². The van der Waals surface area contributed by atoms with E-state index >= 15 is 0 Å². The van der Waals surface area contributed by atoms with Crippen LogP contribution in [0.1, 0.15) is 23.4 Å². The highest BCUT2D eigenvalue weighted by Gasteiger charge is 2.63. The molecule has 1 spiro atoms. The molecule has 8 heteroatoms. The number of hydrogen-bond acceptors (Lipinski definition) is 7. The number of nitrogens with zero attached hydrogens (tertiary/aromatic N) is 3. The number of rotatable bonds is 4. The minimum Gasteiger partial charge on any atom is -0.459 e. The van der Waals surface area contributed by atoms with Crippen LogP contribution in [-0.2, 0) is 4.74 Å². The van der Waals surface area contributed by atoms with E-state index in [1.165, 1.54) is 6.26 Å². The smallest absolute Gasteiger partial charge is 0.286 e. The summed E-state index contributed by atoms with van der Waals surface area (Å²) in [5.41, 5.74) is 5.65. The van der Waals surface area contributed by atoms with Crippen molar-refractivity contribution in [2.75, 3.05) is 30.3 Å². The van der Waals surface area contributed by atoms with Crippen LogP contribution in [0.3, 0.4) is 0 Å². The normalized spacial score (nSPS) is 32.0. The molecule has 0 radical (unpaired) electrons. The van der Waals surface area contributed by atoms with Crippen LogP contribution in [0, 0.1) is 11.8 Å². The summed E-state index contributed by atoms with van der Waals surface area (Å²) in [5, 5.41) is 3.00. The molecule has 0 saturated carbocycles. The first-order valence-electron chi connectivity index (χ1n) is 8.98. The zero-order valence-electron chi connectivity index (χ0n) is 14.3. The van der Waals surface area contributed by atoms with Gasteiger partial charge in [0, 0.05) is 31.1 Å². The highest BCUT2D eigenvalue weighted by molar-refractivity contribution is 5.91. The fraction of sp³-hybridized carbons (Fsp3) is 0.500. The number of nitrogen functional groups attached to an aromatic ring is 1. The summed E-state index contributed by atoms with van der Waals surface area (Å²) in [7, 11) is 0. The first kappa shape index (κ1) is 15.6. The standard InChI is InChI=1S/C18H21N5O3/c19-15-4-6-20-17(22-15)23-9-12-11(13-3-5-18(12,10-23)26-13)8-21-16(24)14-2-1-7-25-14/h1-2,4,6-7,11-13H,3,5,8-10H2,(H,21,24)(H2,19,20,22)/t11-,12+,13+,18+/m0/s1. The van der Waals surface area contributed by atoms with Crippen LogP contribution < -0.4 is 16.0 Å². The lowest BCUT2D eigenvalue weighted by Crippen LogP contribution is -2.41. The zero-order valence-corrected chi connectivity index (χ0v) is 14.3. The molecular weight excluding hydrogens is 334 g/mol. The molecule has 0 aromatic carbocycles. The van der Waals surface area contributed by atoms with Crippen molar-refractivity contribution in [1.82, 2.24) is 15.3 Å². The second-order valence-electron chi connectivity index (χ2n) is 7.38. The van der Waals surface area contributed by atoms with E-state index in [2.05, 4.69) is 20.2 Å². The molecule has 5 rings (SSSR count). The number of aromatic nitrogens is 2. The maximum Gasteiger partial charge on any atom is 0.286 e. The van der Waals surface area contributed by atoms with Crippen molar-refractivity contribution < 1.29 is 13.9 Å². The van der Waals surface area contributed by atoms with E-state index in [1.54, 1.807) is 24.4 Å². The second-order valence-corrected chi connectivity index (χ2v) is 7.38. The number of nitrogens with two attached hydrogens (primary N) is 1. The van der Waals surface area contributed by atoms with E-state index in [9.17, 15) is 4.79 Å². The quantitative estimate of drug-likeness (QED) is 0.845. The molecule has 3 aliphatic heterocycles. The summed E-state index contributed by atoms with van der Waals surface area (Å²) in [6, 6.07) is 5.07. The Morgan fingerprint density at radius 2 is 2.38 bits per heavy atom. The highest BCUT2D eigenvalue weighted by atomic mass is 16.5. The molecule has 3 saturated heterocycles. The fourth-order valence-electron chi connectivity index (χ4n) is 4.84. The molecule has 2 aromatic rings. The van der Waals surface area contributed by atoms with Gasteiger partial charge in [0.05, 0.1) is 24.5 Å². The Morgan fingerprint density at radius 1 is 1.46 bits per heavy atom. The van der Waals surface area contributed by atoms with Gasteiger partial charge in [-0.15, -0.1) is 0 Å². The molecule has 8 nitrogen and oxygen atoms in total. The Balaban J connectivity index is 1.31. The van der Waals surface area contributed by atoms with Gasteiger partial charge in [-0.2, -0.15) is 4.98 Å². The van der Waals surface area contributed by atoms with Crippen LogP contribution in [0.5, 0.6) is 0 Å². The maximum absolute atomic E-state index is 12.2. The third-order valence-electron chi connectivity index (χ3n) is 5.97. The number of hydrogen-bond donors (Lipinski definition) is 2. The van der Waals surface area contributed by atoms with Gasteiger partial charge >= 0.3 is 0 Å². The molecule has 26 heavy (non-hydrogen) atoms. The lowest BCUT2D eigenvalue weighted by molar-refractivity contribution is 0.0141. The highest BCUT2D eigenvalue weighted by Crippen LogP contribution is 2.54. The van der Waals surface area contributed by atoms with Crippen molar-refractivity contribution in [3.8, 4) is 0 Å². The Morgan fingerprint density at radius 3 is 3.19 bits per heavy atom. The van der Waals surface area contributed by atoms with Crippen molar-refractivity contribution in [1.29, 1.82) is 0 Å². The van der Waals surface area contributed by atoms with Crippen molar-refractivity contribution in [2.24, 2.45) is 11.8 Å². The van der Waals surface area contributed by atoms with Crippen LogP contribution in [0.2, 0.25) is 0 Å². The number of amides is 1. The van der Waals surface area contributed by atoms with Gasteiger partial charge in [0.1, 0.15) is 5.82 Å². The van der Waals surface area contributed by atoms with E-state index in [4.69, 9.17) is 14.9 Å². The molecule has 0 unspecified atom stereocenters. The number of carbonyl (C=O) groups excluding carboxylic acids is 1. The third kappa shape index (κ3) is 2.36. The summed E-state index contributed by atoms with van der Waals surface area (Å²) < 4.78 is 11.6. The van der Waals surface area contributed by atoms with Gasteiger partial charge in [-0.25, -0.2) is 4.98 Å². The number of carbonyl (C=O) groups is 1. The van der Waals surface area contributed by atoms with Crippen LogP contribution in [0.25, 0.3) is 0 Å². The van der Waals surface area contributed by atoms with Gasteiger partial charge in [0.25, 0.3) is 5.91 Å². The molecule has 3 aliphatic rings. The predicted octanol–water partition coefficient (Wildman–Crippen LogP) is 1.07. The van der Waals surface area contributed by atoms with Gasteiger partial charge in [-0.05, 0) is 31.0 Å². The fourth-order valence-corrected chi connectivity index (χ4v) is 4.84. The van der Waals surface area contributed by atoms with Gasteiger partial charge in [0.2, 0.25) is 5.95 Å². The van der Waals surface area contributed by atoms with Gasteiger partial charge in [-0.1, -0.05) is 0 Å². The summed E-state index contributed by atoms with van der Waals surface area (Å²) in [6.45, 7) is 2.18. The lowest BCUT2D eigenvalue weighted by atomic mass is 9.73. The second kappa shape index (κ2) is 5.70. The Labute approximate surface area is 150 Å². The van der Waals surface area contributed by atoms with Crippen molar-refractivity contribution in [3.63, 3.8) is 0 Å². The molecule has 2 aromatic heterocycles. The topological polar surface area (TPSA) is 107 Å². The van der Waals surface area contributed by atoms with E-state index in [-0.39, 0.29) is 23.5 Å². The van der Waals surface area contributed by atoms with E-state index in [1.807, 2.05) is 0 Å². The first-order valence-corrected chi connectivity index (χ1v) is 8.98. The Bertz CT molecular complexity index is 826. The summed E-state index contributed by atoms with van der Waals surface area (Å²) in [6.07, 6.45) is 5.47. The van der Waals surface area contributed by atoms with E-state index < -0.39 is 0 Å². The molecule has 0 aliphatic carbocycles. The molecule has 5 heterocycles. The number of ether oxygens (including phenoxy) is 1. The largest absolute Gasteiger partial charge is 0.459 e. The number of anilines is 2. The monoisotopic (exact) mass is 355 g/mol. The Kier molecular flexibility index (Phi) is 3.43. The van der Waals surface area contributed by atoms with Crippen LogP contribution in [0.15, 0.2) is 35.1 Å². The van der Waals surface area contributed by atoms with E-state index in [0.717, 1.165) is 25.9 Å². The Hall–Kier alpha value is -2.61. The maximum atomic E-state index is 12.2. The van der Waals surface area contributed by atoms with Crippen LogP contribution in [-0.4, -0.2) is 47.2 Å². The van der Waals surface area contributed by atoms with Gasteiger partial charge < -0.3 is 25.1 Å². The number of nitrogens with one attached hydrogen (secondary N) is 1. The third-order valence-corrected chi connectivity index (χ3v) is 5.97. The average Bonchev–Trinajstić information content (AvgIpc) is 3.39. The molecule has 2 bridgehead atoms. The van der Waals surface area contributed by atoms with Crippen molar-refractivity contribution in [2.45, 2.75) is 24.5 Å². The van der Waals surface area contributed by atoms with Gasteiger partial charge in [-0.3, -0.25) is 4.79 Å². The number of furan rings is 1. The first-order chi connectivity index (χ1) is 12.6. The van der Waals surface area contributed by atoms with Crippen molar-refractivity contribution in [3.05, 3.63) is 36.4 Å². The summed E-state index contributed by atoms with van der Waals surface area (Å²) >= 11 is 0. The van der Waals surface area contributed by atoms with Crippen LogP contribution >= 0.6 is 0 Å². The lowest BCUT2D eigenvalue weighted by Gasteiger charge is -2.29. The molecule has 3 N–H and O–H groups in total. The summed E-state index contributed by atoms with van der Waals surface area (Å²) in [4.78, 5) is 23.1. The molecular formula is C18H21N5O3. The minimum absolute atomic E-state index is 0.154. The van der Waals surface area contributed by atoms with Crippen LogP contribution in [0.4, 0.5) is 11.8 Å². The predicted molar refractivity (Wildman–Crippen MR) is 93.5 cm³/mol. The number of fused-ring (bicyclic) bond motifs is 1. The van der Waals surface area contributed by atoms with Gasteiger partial charge in [0.15, 0.2) is 5.76 Å².